The van der Waals surface area contributed by atoms with Gasteiger partial charge in [-0.15, -0.1) is 0 Å². The van der Waals surface area contributed by atoms with Crippen LogP contribution in [0.1, 0.15) is 32.1 Å². The summed E-state index contributed by atoms with van der Waals surface area (Å²) in [4.78, 5) is 38.0. The van der Waals surface area contributed by atoms with Gasteiger partial charge in [-0.25, -0.2) is 14.6 Å². The monoisotopic (exact) mass is 341 g/mol. The molecule has 0 amide bonds. The van der Waals surface area contributed by atoms with Crippen LogP contribution in [0.2, 0.25) is 0 Å². The summed E-state index contributed by atoms with van der Waals surface area (Å²) < 4.78 is 4.64. The van der Waals surface area contributed by atoms with Crippen LogP contribution in [-0.4, -0.2) is 34.1 Å². The molecule has 0 atom stereocenters. The molecular weight excluding hydrogens is 330 g/mol. The van der Waals surface area contributed by atoms with E-state index in [4.69, 9.17) is 0 Å². The van der Waals surface area contributed by atoms with Gasteiger partial charge in [-0.1, -0.05) is 12.1 Å². The maximum absolute atomic E-state index is 12.2. The predicted octanol–water partition coefficient (Wildman–Crippen LogP) is 2.32. The van der Waals surface area contributed by atoms with Crippen molar-refractivity contribution in [1.29, 1.82) is 5.26 Å². The first-order valence-corrected chi connectivity index (χ1v) is 6.83. The van der Waals surface area contributed by atoms with E-state index in [1.807, 2.05) is 0 Å². The van der Waals surface area contributed by atoms with Gasteiger partial charge in [0.1, 0.15) is 11.6 Å². The first-order valence-electron chi connectivity index (χ1n) is 6.83. The quantitative estimate of drug-likeness (QED) is 0.507. The lowest BCUT2D eigenvalue weighted by Crippen LogP contribution is -2.15. The second-order valence-corrected chi connectivity index (χ2v) is 4.89. The van der Waals surface area contributed by atoms with E-state index in [2.05, 4.69) is 9.72 Å². The third-order valence-electron chi connectivity index (χ3n) is 3.43. The van der Waals surface area contributed by atoms with E-state index in [1.54, 1.807) is 6.07 Å². The van der Waals surface area contributed by atoms with E-state index in [0.717, 1.165) is 13.2 Å². The standard InChI is InChI=1S/C16H11N3O6/c1-8-12(15(20)21)13(9-4-3-5-10(6-9)19(23)24)14(16(22)25-2)11(7-17)18-8/h3-6H,1-2H3,(H,20,21). The number of aromatic nitrogens is 1. The fraction of sp³-hybridized carbons (Fsp3) is 0.125. The minimum absolute atomic E-state index is 0.00166. The molecule has 0 spiro atoms. The Morgan fingerprint density at radius 1 is 1.36 bits per heavy atom. The number of hydrogen-bond donors (Lipinski definition) is 1. The maximum Gasteiger partial charge on any atom is 0.341 e. The smallest absolute Gasteiger partial charge is 0.341 e. The zero-order valence-electron chi connectivity index (χ0n) is 13.1. The number of carbonyl (C=O) groups excluding carboxylic acids is 1. The first-order chi connectivity index (χ1) is 11.8. The lowest BCUT2D eigenvalue weighted by atomic mass is 9.92. The van der Waals surface area contributed by atoms with Gasteiger partial charge in [-0.2, -0.15) is 5.26 Å². The normalized spacial score (nSPS) is 9.96. The summed E-state index contributed by atoms with van der Waals surface area (Å²) in [5.41, 5.74) is -1.36. The summed E-state index contributed by atoms with van der Waals surface area (Å²) in [7, 11) is 1.07. The minimum Gasteiger partial charge on any atom is -0.478 e. The highest BCUT2D eigenvalue weighted by atomic mass is 16.6. The molecule has 0 aliphatic carbocycles. The molecule has 0 radical (unpaired) electrons. The Kier molecular flexibility index (Phi) is 4.74. The Hall–Kier alpha value is -3.80. The largest absolute Gasteiger partial charge is 0.478 e. The number of aryl methyl sites for hydroxylation is 1. The number of nitro groups is 1. The van der Waals surface area contributed by atoms with E-state index in [-0.39, 0.29) is 39.3 Å². The molecule has 0 saturated heterocycles. The summed E-state index contributed by atoms with van der Waals surface area (Å²) >= 11 is 0. The molecule has 1 aromatic heterocycles. The van der Waals surface area contributed by atoms with Crippen molar-refractivity contribution in [2.45, 2.75) is 6.92 Å². The molecule has 0 aliphatic heterocycles. The van der Waals surface area contributed by atoms with Crippen molar-refractivity contribution in [2.75, 3.05) is 7.11 Å². The second-order valence-electron chi connectivity index (χ2n) is 4.89. The number of rotatable bonds is 4. The molecule has 0 fully saturated rings. The highest BCUT2D eigenvalue weighted by molar-refractivity contribution is 6.07. The van der Waals surface area contributed by atoms with Crippen molar-refractivity contribution in [3.63, 3.8) is 0 Å². The predicted molar refractivity (Wildman–Crippen MR) is 84.1 cm³/mol. The molecule has 1 N–H and O–H groups in total. The zero-order chi connectivity index (χ0) is 18.7. The second kappa shape index (κ2) is 6.76. The van der Waals surface area contributed by atoms with Crippen LogP contribution in [0, 0.1) is 28.4 Å². The lowest BCUT2D eigenvalue weighted by Gasteiger charge is -2.14. The Morgan fingerprint density at radius 2 is 2.04 bits per heavy atom. The van der Waals surface area contributed by atoms with E-state index in [1.165, 1.54) is 25.1 Å². The zero-order valence-corrected chi connectivity index (χ0v) is 13.1. The fourth-order valence-electron chi connectivity index (χ4n) is 2.41. The maximum atomic E-state index is 12.2. The number of nitrogens with zero attached hydrogens (tertiary/aromatic N) is 3. The number of benzene rings is 1. The molecule has 2 aromatic rings. The molecule has 25 heavy (non-hydrogen) atoms. The number of pyridine rings is 1. The van der Waals surface area contributed by atoms with Gasteiger partial charge < -0.3 is 9.84 Å². The van der Waals surface area contributed by atoms with Crippen LogP contribution >= 0.6 is 0 Å². The lowest BCUT2D eigenvalue weighted by molar-refractivity contribution is -0.384. The van der Waals surface area contributed by atoms with Crippen molar-refractivity contribution >= 4 is 17.6 Å². The number of non-ortho nitro benzene ring substituents is 1. The number of esters is 1. The van der Waals surface area contributed by atoms with Gasteiger partial charge >= 0.3 is 11.9 Å². The SMILES string of the molecule is COC(=O)c1c(C#N)nc(C)c(C(=O)O)c1-c1cccc([N+](=O)[O-])c1. The van der Waals surface area contributed by atoms with Gasteiger partial charge in [0.25, 0.3) is 5.69 Å². The highest BCUT2D eigenvalue weighted by Crippen LogP contribution is 2.33. The van der Waals surface area contributed by atoms with Crippen LogP contribution in [0.4, 0.5) is 5.69 Å². The highest BCUT2D eigenvalue weighted by Gasteiger charge is 2.28. The Labute approximate surface area is 141 Å². The van der Waals surface area contributed by atoms with Gasteiger partial charge in [-0.05, 0) is 12.5 Å². The molecule has 9 nitrogen and oxygen atoms in total. The summed E-state index contributed by atoms with van der Waals surface area (Å²) in [6.45, 7) is 1.37. The van der Waals surface area contributed by atoms with Crippen molar-refractivity contribution in [3.8, 4) is 17.2 Å². The van der Waals surface area contributed by atoms with Gasteiger partial charge in [0.15, 0.2) is 5.69 Å². The van der Waals surface area contributed by atoms with E-state index < -0.39 is 16.9 Å². The number of nitro benzene ring substituents is 1. The number of ether oxygens (including phenoxy) is 1. The topological polar surface area (TPSA) is 143 Å². The molecule has 1 heterocycles. The van der Waals surface area contributed by atoms with Gasteiger partial charge in [0.2, 0.25) is 0 Å². The number of carbonyl (C=O) groups is 2. The van der Waals surface area contributed by atoms with Crippen molar-refractivity contribution in [3.05, 3.63) is 56.9 Å². The molecule has 0 bridgehead atoms. The van der Waals surface area contributed by atoms with Crippen LogP contribution in [-0.2, 0) is 4.74 Å². The Morgan fingerprint density at radius 3 is 2.56 bits per heavy atom. The van der Waals surface area contributed by atoms with Crippen molar-refractivity contribution < 1.29 is 24.4 Å². The number of carboxylic acid groups (broad SMARTS) is 1. The molecule has 1 aromatic carbocycles. The van der Waals surface area contributed by atoms with Crippen LogP contribution in [0.3, 0.4) is 0 Å². The molecule has 9 heteroatoms. The fourth-order valence-corrected chi connectivity index (χ4v) is 2.41. The third kappa shape index (κ3) is 3.13. The summed E-state index contributed by atoms with van der Waals surface area (Å²) in [5.74, 6) is -2.35. The number of methoxy groups -OCH3 is 1. The average Bonchev–Trinajstić information content (AvgIpc) is 2.59. The first kappa shape index (κ1) is 17.6. The van der Waals surface area contributed by atoms with Gasteiger partial charge in [-0.3, -0.25) is 10.1 Å². The molecule has 0 unspecified atom stereocenters. The number of aromatic carboxylic acids is 1. The van der Waals surface area contributed by atoms with Crippen LogP contribution in [0.15, 0.2) is 24.3 Å². The molecule has 0 saturated carbocycles. The van der Waals surface area contributed by atoms with Crippen LogP contribution in [0.5, 0.6) is 0 Å². The van der Waals surface area contributed by atoms with E-state index >= 15 is 0 Å². The Bertz CT molecular complexity index is 946. The van der Waals surface area contributed by atoms with E-state index in [9.17, 15) is 30.1 Å². The molecule has 2 rings (SSSR count). The third-order valence-corrected chi connectivity index (χ3v) is 3.43. The number of hydrogen-bond acceptors (Lipinski definition) is 7. The average molecular weight is 341 g/mol. The summed E-state index contributed by atoms with van der Waals surface area (Å²) in [5, 5.41) is 29.8. The number of carboxylic acids is 1. The van der Waals surface area contributed by atoms with Crippen LogP contribution in [0.25, 0.3) is 11.1 Å². The number of nitriles is 1. The summed E-state index contributed by atoms with van der Waals surface area (Å²) in [6, 6.07) is 6.82. The van der Waals surface area contributed by atoms with Crippen LogP contribution < -0.4 is 0 Å². The van der Waals surface area contributed by atoms with E-state index in [0.29, 0.717) is 0 Å². The van der Waals surface area contributed by atoms with Crippen molar-refractivity contribution in [2.24, 2.45) is 0 Å². The molecular formula is C16H11N3O6. The van der Waals surface area contributed by atoms with Gasteiger partial charge in [0, 0.05) is 17.7 Å². The van der Waals surface area contributed by atoms with Crippen molar-refractivity contribution in [1.82, 2.24) is 4.98 Å². The molecule has 126 valence electrons. The van der Waals surface area contributed by atoms with Gasteiger partial charge in [0.05, 0.1) is 23.3 Å². The summed E-state index contributed by atoms with van der Waals surface area (Å²) in [6.07, 6.45) is 0. The molecule has 0 aliphatic rings. The minimum atomic E-state index is -1.39. The Balaban J connectivity index is 3.00.